The number of amides is 1. The van der Waals surface area contributed by atoms with Gasteiger partial charge < -0.3 is 20.1 Å². The molecule has 7 nitrogen and oxygen atoms in total. The van der Waals surface area contributed by atoms with Crippen molar-refractivity contribution in [2.24, 2.45) is 5.92 Å². The van der Waals surface area contributed by atoms with Gasteiger partial charge in [0.25, 0.3) is 5.91 Å². The van der Waals surface area contributed by atoms with Crippen LogP contribution in [0.1, 0.15) is 42.8 Å². The normalized spacial score (nSPS) is 26.6. The van der Waals surface area contributed by atoms with E-state index < -0.39 is 54.4 Å². The third-order valence-electron chi connectivity index (χ3n) is 6.19. The highest BCUT2D eigenvalue weighted by Crippen LogP contribution is 2.56. The molecule has 1 amide bonds. The molecule has 1 saturated carbocycles. The Morgan fingerprint density at radius 1 is 1.31 bits per heavy atom. The van der Waals surface area contributed by atoms with E-state index in [-0.39, 0.29) is 29.3 Å². The zero-order valence-corrected chi connectivity index (χ0v) is 18.1. The third-order valence-corrected chi connectivity index (χ3v) is 7.40. The zero-order chi connectivity index (χ0) is 23.1. The maximum absolute atomic E-state index is 15.3. The number of carbonyl (C=O) groups is 1. The highest BCUT2D eigenvalue weighted by atomic mass is 32.1. The zero-order valence-electron chi connectivity index (χ0n) is 17.3. The number of aromatic nitrogens is 2. The van der Waals surface area contributed by atoms with E-state index in [0.717, 1.165) is 11.3 Å². The van der Waals surface area contributed by atoms with E-state index in [1.807, 2.05) is 0 Å². The summed E-state index contributed by atoms with van der Waals surface area (Å²) in [6.45, 7) is 2.73. The third kappa shape index (κ3) is 3.53. The molecule has 12 heteroatoms. The summed E-state index contributed by atoms with van der Waals surface area (Å²) in [4.78, 5) is 14.9. The molecule has 1 fully saturated rings. The van der Waals surface area contributed by atoms with E-state index >= 15 is 8.78 Å². The van der Waals surface area contributed by atoms with Crippen LogP contribution in [0.25, 0.3) is 10.4 Å². The minimum atomic E-state index is -3.69. The monoisotopic (exact) mass is 474 g/mol. The van der Waals surface area contributed by atoms with Crippen LogP contribution < -0.4 is 15.0 Å². The smallest absolute Gasteiger partial charge is 0.419 e. The molecule has 174 valence electrons. The Morgan fingerprint density at radius 2 is 2.03 bits per heavy atom. The number of ether oxygens (including phenoxy) is 1. The van der Waals surface area contributed by atoms with Crippen LogP contribution in [-0.2, 0) is 0 Å². The van der Waals surface area contributed by atoms with E-state index in [4.69, 9.17) is 4.74 Å². The van der Waals surface area contributed by atoms with Crippen molar-refractivity contribution in [1.82, 2.24) is 15.5 Å². The summed E-state index contributed by atoms with van der Waals surface area (Å²) in [5.74, 6) is -4.00. The van der Waals surface area contributed by atoms with Crippen molar-refractivity contribution in [3.63, 3.8) is 0 Å². The van der Waals surface area contributed by atoms with Gasteiger partial charge in [0.05, 0.1) is 16.7 Å². The first-order valence-corrected chi connectivity index (χ1v) is 11.1. The molecule has 0 aromatic carbocycles. The summed E-state index contributed by atoms with van der Waals surface area (Å²) in [7, 11) is 0. The predicted molar refractivity (Wildman–Crippen MR) is 108 cm³/mol. The lowest BCUT2D eigenvalue weighted by molar-refractivity contribution is -0.206. The number of thiophene rings is 1. The second-order valence-corrected chi connectivity index (χ2v) is 10.4. The summed E-state index contributed by atoms with van der Waals surface area (Å²) in [5, 5.41) is 19.6. The fourth-order valence-corrected chi connectivity index (χ4v) is 5.82. The van der Waals surface area contributed by atoms with Gasteiger partial charge in [-0.3, -0.25) is 9.89 Å². The van der Waals surface area contributed by atoms with Crippen molar-refractivity contribution in [3.8, 4) is 16.2 Å². The average molecular weight is 474 g/mol. The van der Waals surface area contributed by atoms with Crippen LogP contribution in [0, 0.1) is 5.92 Å². The lowest BCUT2D eigenvalue weighted by atomic mass is 9.76. The lowest BCUT2D eigenvalue weighted by Crippen LogP contribution is -2.60. The van der Waals surface area contributed by atoms with Crippen LogP contribution in [0.4, 0.5) is 23.2 Å². The van der Waals surface area contributed by atoms with Gasteiger partial charge in [0.2, 0.25) is 5.92 Å². The minimum Gasteiger partial charge on any atom is -0.427 e. The first-order valence-electron chi connectivity index (χ1n) is 10.3. The molecule has 32 heavy (non-hydrogen) atoms. The highest BCUT2D eigenvalue weighted by Gasteiger charge is 2.57. The first-order chi connectivity index (χ1) is 14.8. The number of hydrogen-bond acceptors (Lipinski definition) is 6. The number of nitrogens with zero attached hydrogens (tertiary/aromatic N) is 2. The molecular weight excluding hydrogens is 452 g/mol. The van der Waals surface area contributed by atoms with E-state index in [2.05, 4.69) is 15.5 Å². The van der Waals surface area contributed by atoms with Crippen molar-refractivity contribution in [2.45, 2.75) is 62.8 Å². The predicted octanol–water partition coefficient (Wildman–Crippen LogP) is 3.62. The van der Waals surface area contributed by atoms with E-state index in [0.29, 0.717) is 10.4 Å². The van der Waals surface area contributed by atoms with Gasteiger partial charge in [-0.05, 0) is 19.8 Å². The van der Waals surface area contributed by atoms with Crippen molar-refractivity contribution in [1.29, 1.82) is 0 Å². The van der Waals surface area contributed by atoms with Crippen LogP contribution in [0.3, 0.4) is 0 Å². The molecule has 0 radical (unpaired) electrons. The Kier molecular flexibility index (Phi) is 4.59. The molecule has 0 saturated heterocycles. The number of H-pyrrole nitrogens is 1. The van der Waals surface area contributed by atoms with Gasteiger partial charge in [-0.25, -0.2) is 8.78 Å². The number of hydrogen-bond donors (Lipinski definition) is 3. The number of carbonyl (C=O) groups excluding carboxylic acids is 1. The summed E-state index contributed by atoms with van der Waals surface area (Å²) in [5.41, 5.74) is -0.767. The Labute approximate surface area is 184 Å². The lowest BCUT2D eigenvalue weighted by Gasteiger charge is -2.46. The standard InChI is InChI=1S/C20H22F4N4O3S/c1-18(2,30)5-12-20(23,24)31-14-13-16(32-15(14)10-6-25-26-7-10)17(29)27-11(8-28(12)13)9-3-19(21,22)4-9/h6-7,9,11-12,30H,3-5,8H2,1-2H3,(H,25,26)(H,27,29)/t11-,12+/m1/s1. The maximum atomic E-state index is 15.3. The Balaban J connectivity index is 1.62. The van der Waals surface area contributed by atoms with Crippen molar-refractivity contribution in [2.75, 3.05) is 11.4 Å². The number of rotatable bonds is 4. The SMILES string of the molecule is CC(C)(O)C[C@@H]1N2C[C@H](C3CC(F)(F)C3)NC(=O)c3sc(-c4cn[nH]c4)c(c32)OC1(F)F. The van der Waals surface area contributed by atoms with Crippen LogP contribution in [0.5, 0.6) is 5.75 Å². The Morgan fingerprint density at radius 3 is 2.62 bits per heavy atom. The highest BCUT2D eigenvalue weighted by molar-refractivity contribution is 7.18. The molecule has 5 rings (SSSR count). The van der Waals surface area contributed by atoms with Crippen LogP contribution in [0.15, 0.2) is 12.4 Å². The van der Waals surface area contributed by atoms with Crippen LogP contribution in [-0.4, -0.2) is 57.5 Å². The molecule has 3 aliphatic rings. The largest absolute Gasteiger partial charge is 0.427 e. The number of aromatic amines is 1. The van der Waals surface area contributed by atoms with E-state index in [9.17, 15) is 18.7 Å². The number of nitrogens with one attached hydrogen (secondary N) is 2. The quantitative estimate of drug-likeness (QED) is 0.589. The van der Waals surface area contributed by atoms with E-state index in [1.165, 1.54) is 31.1 Å². The molecule has 4 heterocycles. The number of anilines is 1. The van der Waals surface area contributed by atoms with Gasteiger partial charge in [0.1, 0.15) is 16.6 Å². The molecule has 2 atom stereocenters. The molecule has 0 bridgehead atoms. The summed E-state index contributed by atoms with van der Waals surface area (Å²) in [6.07, 6.45) is -1.91. The topological polar surface area (TPSA) is 90.5 Å². The fraction of sp³-hybridized carbons (Fsp3) is 0.600. The van der Waals surface area contributed by atoms with Gasteiger partial charge >= 0.3 is 6.11 Å². The van der Waals surface area contributed by atoms with Crippen LogP contribution >= 0.6 is 11.3 Å². The average Bonchev–Trinajstić information content (AvgIpc) is 3.25. The summed E-state index contributed by atoms with van der Waals surface area (Å²) < 4.78 is 62.9. The van der Waals surface area contributed by atoms with Crippen molar-refractivity contribution in [3.05, 3.63) is 17.3 Å². The Hall–Kier alpha value is -2.34. The first kappa shape index (κ1) is 21.5. The van der Waals surface area contributed by atoms with Gasteiger partial charge in [0, 0.05) is 43.6 Å². The fourth-order valence-electron chi connectivity index (χ4n) is 4.69. The number of aliphatic hydroxyl groups is 1. The van der Waals surface area contributed by atoms with Gasteiger partial charge in [-0.1, -0.05) is 0 Å². The maximum Gasteiger partial charge on any atom is 0.419 e. The van der Waals surface area contributed by atoms with Gasteiger partial charge in [-0.15, -0.1) is 11.3 Å². The van der Waals surface area contributed by atoms with Crippen molar-refractivity contribution >= 4 is 22.9 Å². The Bertz CT molecular complexity index is 1040. The molecule has 1 aliphatic carbocycles. The molecule has 0 unspecified atom stereocenters. The number of halogens is 4. The van der Waals surface area contributed by atoms with Crippen LogP contribution in [0.2, 0.25) is 0 Å². The molecule has 0 spiro atoms. The summed E-state index contributed by atoms with van der Waals surface area (Å²) >= 11 is 0.987. The summed E-state index contributed by atoms with van der Waals surface area (Å²) in [6, 6.07) is -2.32. The van der Waals surface area contributed by atoms with Gasteiger partial charge in [0.15, 0.2) is 5.75 Å². The second-order valence-electron chi connectivity index (χ2n) is 9.38. The molecular formula is C20H22F4N4O3S. The number of alkyl halides is 4. The molecule has 2 aromatic rings. The minimum absolute atomic E-state index is 0.0895. The van der Waals surface area contributed by atoms with E-state index in [1.54, 1.807) is 0 Å². The molecule has 3 N–H and O–H groups in total. The van der Waals surface area contributed by atoms with Crippen molar-refractivity contribution < 1.29 is 32.2 Å². The molecule has 2 aliphatic heterocycles. The second kappa shape index (κ2) is 6.83. The van der Waals surface area contributed by atoms with Gasteiger partial charge in [-0.2, -0.15) is 13.9 Å². The molecule has 2 aromatic heterocycles.